The SMILES string of the molecule is CCN(c1cccc(C)c1)S(=O)(=O)c1ccc2c3c(cccc13)CC2. The number of hydrogen-bond acceptors (Lipinski definition) is 2. The van der Waals surface area contributed by atoms with Crippen LogP contribution in [0.25, 0.3) is 10.8 Å². The van der Waals surface area contributed by atoms with E-state index in [0.717, 1.165) is 29.2 Å². The van der Waals surface area contributed by atoms with Crippen LogP contribution in [0, 0.1) is 6.92 Å². The summed E-state index contributed by atoms with van der Waals surface area (Å²) in [5, 5.41) is 1.97. The Bertz CT molecular complexity index is 1060. The first-order valence-electron chi connectivity index (χ1n) is 8.65. The van der Waals surface area contributed by atoms with Crippen LogP contribution in [0.5, 0.6) is 0 Å². The van der Waals surface area contributed by atoms with E-state index in [2.05, 4.69) is 6.07 Å². The van der Waals surface area contributed by atoms with Crippen LogP contribution in [-0.4, -0.2) is 15.0 Å². The third kappa shape index (κ3) is 2.52. The summed E-state index contributed by atoms with van der Waals surface area (Å²) in [5.74, 6) is 0. The molecule has 0 atom stereocenters. The van der Waals surface area contributed by atoms with E-state index in [1.54, 1.807) is 6.07 Å². The number of rotatable bonds is 4. The zero-order valence-electron chi connectivity index (χ0n) is 14.5. The van der Waals surface area contributed by atoms with Crippen molar-refractivity contribution >= 4 is 26.5 Å². The van der Waals surface area contributed by atoms with E-state index < -0.39 is 10.0 Å². The third-order valence-corrected chi connectivity index (χ3v) is 6.94. The fraction of sp³-hybridized carbons (Fsp3) is 0.238. The number of benzene rings is 3. The monoisotopic (exact) mass is 351 g/mol. The molecule has 0 saturated carbocycles. The third-order valence-electron chi connectivity index (χ3n) is 4.98. The first-order valence-corrected chi connectivity index (χ1v) is 10.1. The summed E-state index contributed by atoms with van der Waals surface area (Å²) in [6.45, 7) is 4.25. The van der Waals surface area contributed by atoms with Gasteiger partial charge < -0.3 is 0 Å². The van der Waals surface area contributed by atoms with Crippen LogP contribution in [0.4, 0.5) is 5.69 Å². The van der Waals surface area contributed by atoms with E-state index in [0.29, 0.717) is 17.1 Å². The number of anilines is 1. The smallest absolute Gasteiger partial charge is 0.264 e. The maximum absolute atomic E-state index is 13.5. The Hall–Kier alpha value is -2.33. The minimum Gasteiger partial charge on any atom is -0.267 e. The molecule has 1 aliphatic carbocycles. The minimum atomic E-state index is -3.62. The van der Waals surface area contributed by atoms with Crippen LogP contribution < -0.4 is 4.31 Å². The van der Waals surface area contributed by atoms with Crippen molar-refractivity contribution in [2.24, 2.45) is 0 Å². The van der Waals surface area contributed by atoms with Gasteiger partial charge in [-0.2, -0.15) is 0 Å². The van der Waals surface area contributed by atoms with Crippen molar-refractivity contribution in [2.75, 3.05) is 10.8 Å². The van der Waals surface area contributed by atoms with E-state index in [1.165, 1.54) is 15.4 Å². The standard InChI is InChI=1S/C21H21NO2S/c1-3-22(18-8-4-6-15(2)14-18)25(23,24)20-13-12-17-11-10-16-7-5-9-19(20)21(16)17/h4-9,12-14H,3,10-11H2,1-2H3. The molecule has 3 aromatic rings. The van der Waals surface area contributed by atoms with Crippen molar-refractivity contribution in [1.82, 2.24) is 0 Å². The predicted molar refractivity (Wildman–Crippen MR) is 103 cm³/mol. The highest BCUT2D eigenvalue weighted by Crippen LogP contribution is 2.36. The van der Waals surface area contributed by atoms with Gasteiger partial charge in [0.2, 0.25) is 0 Å². The number of hydrogen-bond donors (Lipinski definition) is 0. The van der Waals surface area contributed by atoms with Crippen LogP contribution >= 0.6 is 0 Å². The van der Waals surface area contributed by atoms with Gasteiger partial charge in [0.05, 0.1) is 10.6 Å². The normalized spacial score (nSPS) is 13.4. The van der Waals surface area contributed by atoms with E-state index in [9.17, 15) is 8.42 Å². The van der Waals surface area contributed by atoms with Crippen molar-refractivity contribution in [2.45, 2.75) is 31.6 Å². The van der Waals surface area contributed by atoms with Gasteiger partial charge in [0.1, 0.15) is 0 Å². The van der Waals surface area contributed by atoms with Crippen LogP contribution in [0.15, 0.2) is 59.5 Å². The maximum atomic E-state index is 13.5. The highest BCUT2D eigenvalue weighted by molar-refractivity contribution is 7.93. The number of nitrogens with zero attached hydrogens (tertiary/aromatic N) is 1. The van der Waals surface area contributed by atoms with Crippen LogP contribution in [0.1, 0.15) is 23.6 Å². The zero-order valence-corrected chi connectivity index (χ0v) is 15.3. The quantitative estimate of drug-likeness (QED) is 0.696. The van der Waals surface area contributed by atoms with Gasteiger partial charge in [-0.05, 0) is 67.0 Å². The molecular formula is C21H21NO2S. The van der Waals surface area contributed by atoms with Crippen molar-refractivity contribution < 1.29 is 8.42 Å². The summed E-state index contributed by atoms with van der Waals surface area (Å²) in [6.07, 6.45) is 1.98. The molecule has 0 aromatic heterocycles. The lowest BCUT2D eigenvalue weighted by atomic mass is 10.1. The minimum absolute atomic E-state index is 0.398. The van der Waals surface area contributed by atoms with Crippen LogP contribution in [0.2, 0.25) is 0 Å². The molecular weight excluding hydrogens is 330 g/mol. The van der Waals surface area contributed by atoms with Gasteiger partial charge >= 0.3 is 0 Å². The van der Waals surface area contributed by atoms with Crippen molar-refractivity contribution in [3.8, 4) is 0 Å². The molecule has 0 N–H and O–H groups in total. The van der Waals surface area contributed by atoms with Gasteiger partial charge in [0.15, 0.2) is 0 Å². The molecule has 0 heterocycles. The van der Waals surface area contributed by atoms with E-state index in [-0.39, 0.29) is 0 Å². The molecule has 3 aromatic carbocycles. The van der Waals surface area contributed by atoms with E-state index in [1.807, 2.05) is 56.3 Å². The fourth-order valence-electron chi connectivity index (χ4n) is 3.84. The van der Waals surface area contributed by atoms with Gasteiger partial charge in [-0.3, -0.25) is 4.31 Å². The van der Waals surface area contributed by atoms with Gasteiger partial charge in [-0.25, -0.2) is 8.42 Å². The summed E-state index contributed by atoms with van der Waals surface area (Å²) in [7, 11) is -3.62. The summed E-state index contributed by atoms with van der Waals surface area (Å²) in [5.41, 5.74) is 4.27. The Morgan fingerprint density at radius 1 is 0.960 bits per heavy atom. The molecule has 0 saturated heterocycles. The molecule has 0 fully saturated rings. The molecule has 3 nitrogen and oxygen atoms in total. The van der Waals surface area contributed by atoms with Crippen molar-refractivity contribution in [3.05, 3.63) is 71.3 Å². The Kier molecular flexibility index (Phi) is 3.80. The lowest BCUT2D eigenvalue weighted by molar-refractivity contribution is 0.592. The molecule has 25 heavy (non-hydrogen) atoms. The Balaban J connectivity index is 1.93. The second kappa shape index (κ2) is 5.88. The highest BCUT2D eigenvalue weighted by Gasteiger charge is 2.27. The Morgan fingerprint density at radius 3 is 2.40 bits per heavy atom. The van der Waals surface area contributed by atoms with Gasteiger partial charge in [-0.15, -0.1) is 0 Å². The van der Waals surface area contributed by atoms with Crippen LogP contribution in [-0.2, 0) is 22.9 Å². The largest absolute Gasteiger partial charge is 0.267 e. The molecule has 0 spiro atoms. The second-order valence-corrected chi connectivity index (χ2v) is 8.40. The first-order chi connectivity index (χ1) is 12.0. The zero-order chi connectivity index (χ0) is 17.6. The van der Waals surface area contributed by atoms with E-state index in [4.69, 9.17) is 0 Å². The topological polar surface area (TPSA) is 37.4 Å². The number of sulfonamides is 1. The summed E-state index contributed by atoms with van der Waals surface area (Å²) in [6, 6.07) is 17.4. The maximum Gasteiger partial charge on any atom is 0.264 e. The first kappa shape index (κ1) is 16.2. The average Bonchev–Trinajstić information content (AvgIpc) is 3.01. The summed E-state index contributed by atoms with van der Waals surface area (Å²) >= 11 is 0. The van der Waals surface area contributed by atoms with Crippen molar-refractivity contribution in [1.29, 1.82) is 0 Å². The summed E-state index contributed by atoms with van der Waals surface area (Å²) < 4.78 is 28.4. The lowest BCUT2D eigenvalue weighted by Crippen LogP contribution is -2.31. The molecule has 1 aliphatic rings. The molecule has 0 aliphatic heterocycles. The highest BCUT2D eigenvalue weighted by atomic mass is 32.2. The average molecular weight is 351 g/mol. The second-order valence-electron chi connectivity index (χ2n) is 6.57. The summed E-state index contributed by atoms with van der Waals surface area (Å²) in [4.78, 5) is 0.401. The lowest BCUT2D eigenvalue weighted by Gasteiger charge is -2.24. The Labute approximate surface area is 149 Å². The molecule has 0 radical (unpaired) electrons. The molecule has 4 heteroatoms. The van der Waals surface area contributed by atoms with E-state index >= 15 is 0 Å². The molecule has 4 rings (SSSR count). The van der Waals surface area contributed by atoms with Crippen molar-refractivity contribution in [3.63, 3.8) is 0 Å². The predicted octanol–water partition coefficient (Wildman–Crippen LogP) is 4.46. The Morgan fingerprint density at radius 2 is 1.68 bits per heavy atom. The molecule has 0 bridgehead atoms. The molecule has 0 unspecified atom stereocenters. The molecule has 0 amide bonds. The molecule has 128 valence electrons. The van der Waals surface area contributed by atoms with Gasteiger partial charge in [0.25, 0.3) is 10.0 Å². The number of aryl methyl sites for hydroxylation is 3. The van der Waals surface area contributed by atoms with Gasteiger partial charge in [-0.1, -0.05) is 36.4 Å². The van der Waals surface area contributed by atoms with Crippen LogP contribution in [0.3, 0.4) is 0 Å². The van der Waals surface area contributed by atoms with Gasteiger partial charge in [0, 0.05) is 11.9 Å². The fourth-order valence-corrected chi connectivity index (χ4v) is 5.49.